The number of Topliss-reactive ketones (excluding diaryl/α,β-unsaturated/α-hetero) is 1. The number of rotatable bonds is 6. The molecule has 21 heavy (non-hydrogen) atoms. The Morgan fingerprint density at radius 2 is 2.24 bits per heavy atom. The molecule has 0 bridgehead atoms. The van der Waals surface area contributed by atoms with Crippen LogP contribution in [0, 0.1) is 0 Å². The average molecular weight is 348 g/mol. The van der Waals surface area contributed by atoms with Gasteiger partial charge in [0.25, 0.3) is 15.1 Å². The van der Waals surface area contributed by atoms with Gasteiger partial charge in [0.15, 0.2) is 17.6 Å². The van der Waals surface area contributed by atoms with E-state index in [9.17, 15) is 18.0 Å². The van der Waals surface area contributed by atoms with Crippen LogP contribution in [0.2, 0.25) is 0 Å². The van der Waals surface area contributed by atoms with Crippen molar-refractivity contribution in [2.45, 2.75) is 6.92 Å². The summed E-state index contributed by atoms with van der Waals surface area (Å²) in [6.07, 6.45) is 1.26. The van der Waals surface area contributed by atoms with Crippen molar-refractivity contribution in [1.82, 2.24) is 5.32 Å². The lowest BCUT2D eigenvalue weighted by Gasteiger charge is -2.05. The van der Waals surface area contributed by atoms with Crippen molar-refractivity contribution in [2.75, 3.05) is 17.2 Å². The zero-order valence-corrected chi connectivity index (χ0v) is 13.4. The van der Waals surface area contributed by atoms with Gasteiger partial charge in [-0.25, -0.2) is 0 Å². The number of hydrogen-bond acceptors (Lipinski definition) is 8. The summed E-state index contributed by atoms with van der Waals surface area (Å²) in [4.78, 5) is 23.0. The molecule has 1 aliphatic rings. The van der Waals surface area contributed by atoms with E-state index in [-0.39, 0.29) is 28.5 Å². The van der Waals surface area contributed by atoms with E-state index in [1.807, 2.05) is 0 Å². The molecule has 1 aromatic rings. The standard InChI is InChI=1S/C11H12N2O5S3/c1-7(14)19-5-8(15)9-2-3-10(20-9)13-21(16,17)11-4-12-6-18-11/h2-4,12-13H,5-6H2,1H3. The lowest BCUT2D eigenvalue weighted by atomic mass is 10.3. The summed E-state index contributed by atoms with van der Waals surface area (Å²) in [5, 5.41) is 2.60. The normalized spacial score (nSPS) is 14.0. The van der Waals surface area contributed by atoms with Gasteiger partial charge in [0, 0.05) is 6.92 Å². The minimum atomic E-state index is -3.78. The number of ether oxygens (including phenoxy) is 1. The van der Waals surface area contributed by atoms with Crippen LogP contribution in [0.1, 0.15) is 16.6 Å². The monoisotopic (exact) mass is 348 g/mol. The molecule has 2 N–H and O–H groups in total. The molecule has 2 rings (SSSR count). The van der Waals surface area contributed by atoms with Crippen LogP contribution in [0.25, 0.3) is 0 Å². The van der Waals surface area contributed by atoms with E-state index in [1.165, 1.54) is 25.3 Å². The number of sulfonamides is 1. The summed E-state index contributed by atoms with van der Waals surface area (Å²) in [6.45, 7) is 1.49. The van der Waals surface area contributed by atoms with Crippen LogP contribution in [0.15, 0.2) is 23.4 Å². The second-order valence-electron chi connectivity index (χ2n) is 3.93. The molecule has 0 atom stereocenters. The van der Waals surface area contributed by atoms with Crippen LogP contribution in [0.5, 0.6) is 0 Å². The van der Waals surface area contributed by atoms with Crippen molar-refractivity contribution >= 4 is 49.0 Å². The Balaban J connectivity index is 2.03. The van der Waals surface area contributed by atoms with E-state index in [0.29, 0.717) is 9.88 Å². The Kier molecular flexibility index (Phi) is 4.91. The summed E-state index contributed by atoms with van der Waals surface area (Å²) in [6, 6.07) is 3.02. The molecule has 0 aromatic carbocycles. The molecule has 0 saturated carbocycles. The number of hydrogen-bond donors (Lipinski definition) is 2. The minimum Gasteiger partial charge on any atom is -0.460 e. The molecule has 1 aliphatic heterocycles. The van der Waals surface area contributed by atoms with E-state index < -0.39 is 10.0 Å². The van der Waals surface area contributed by atoms with Gasteiger partial charge in [-0.2, -0.15) is 8.42 Å². The molecular formula is C11H12N2O5S3. The molecule has 1 aromatic heterocycles. The molecular weight excluding hydrogens is 336 g/mol. The second-order valence-corrected chi connectivity index (χ2v) is 7.78. The van der Waals surface area contributed by atoms with Crippen LogP contribution >= 0.6 is 23.1 Å². The fourth-order valence-electron chi connectivity index (χ4n) is 1.40. The molecule has 0 aliphatic carbocycles. The zero-order chi connectivity index (χ0) is 15.5. The van der Waals surface area contributed by atoms with E-state index in [0.717, 1.165) is 23.1 Å². The molecule has 10 heteroatoms. The third-order valence-electron chi connectivity index (χ3n) is 2.30. The number of carbonyl (C=O) groups excluding carboxylic acids is 2. The van der Waals surface area contributed by atoms with Crippen LogP contribution in [0.4, 0.5) is 5.00 Å². The SMILES string of the molecule is CC(=O)SCC(=O)c1ccc(NS(=O)(=O)C2=CNCO2)s1. The number of nitrogens with one attached hydrogen (secondary N) is 2. The van der Waals surface area contributed by atoms with Gasteiger partial charge in [0.05, 0.1) is 16.8 Å². The summed E-state index contributed by atoms with van der Waals surface area (Å²) in [5.41, 5.74) is 0. The van der Waals surface area contributed by atoms with Gasteiger partial charge < -0.3 is 10.1 Å². The molecule has 0 radical (unpaired) electrons. The molecule has 0 saturated heterocycles. The Labute approximate surface area is 129 Å². The summed E-state index contributed by atoms with van der Waals surface area (Å²) < 4.78 is 31.1. The van der Waals surface area contributed by atoms with Crippen molar-refractivity contribution in [3.63, 3.8) is 0 Å². The first kappa shape index (κ1) is 15.9. The second kappa shape index (κ2) is 6.50. The van der Waals surface area contributed by atoms with Gasteiger partial charge in [-0.15, -0.1) is 11.3 Å². The van der Waals surface area contributed by atoms with Gasteiger partial charge in [-0.1, -0.05) is 11.8 Å². The lowest BCUT2D eigenvalue weighted by Crippen LogP contribution is -2.14. The molecule has 0 spiro atoms. The maximum absolute atomic E-state index is 11.9. The lowest BCUT2D eigenvalue weighted by molar-refractivity contribution is -0.109. The van der Waals surface area contributed by atoms with Crippen LogP contribution in [-0.4, -0.2) is 31.8 Å². The minimum absolute atomic E-state index is 0.0419. The maximum atomic E-state index is 11.9. The highest BCUT2D eigenvalue weighted by atomic mass is 32.2. The highest BCUT2D eigenvalue weighted by Gasteiger charge is 2.23. The Hall–Kier alpha value is -1.52. The third-order valence-corrected chi connectivity index (χ3v) is 5.54. The van der Waals surface area contributed by atoms with Crippen LogP contribution in [-0.2, 0) is 19.6 Å². The van der Waals surface area contributed by atoms with Gasteiger partial charge in [0.1, 0.15) is 5.00 Å². The molecule has 7 nitrogen and oxygen atoms in total. The van der Waals surface area contributed by atoms with Gasteiger partial charge in [0.2, 0.25) is 0 Å². The predicted molar refractivity (Wildman–Crippen MR) is 81.5 cm³/mol. The van der Waals surface area contributed by atoms with Crippen molar-refractivity contribution in [2.24, 2.45) is 0 Å². The van der Waals surface area contributed by atoms with Gasteiger partial charge >= 0.3 is 0 Å². The first-order valence-electron chi connectivity index (χ1n) is 5.74. The highest BCUT2D eigenvalue weighted by Crippen LogP contribution is 2.26. The quantitative estimate of drug-likeness (QED) is 0.748. The van der Waals surface area contributed by atoms with E-state index in [1.54, 1.807) is 0 Å². The number of thioether (sulfide) groups is 1. The average Bonchev–Trinajstić information content (AvgIpc) is 3.06. The first-order chi connectivity index (χ1) is 9.88. The Morgan fingerprint density at radius 3 is 2.86 bits per heavy atom. The third kappa shape index (κ3) is 4.22. The van der Waals surface area contributed by atoms with Crippen LogP contribution in [0.3, 0.4) is 0 Å². The number of carbonyl (C=O) groups is 2. The van der Waals surface area contributed by atoms with Crippen molar-refractivity contribution < 1.29 is 22.7 Å². The highest BCUT2D eigenvalue weighted by molar-refractivity contribution is 8.14. The van der Waals surface area contributed by atoms with Gasteiger partial charge in [-0.3, -0.25) is 14.3 Å². The molecule has 114 valence electrons. The van der Waals surface area contributed by atoms with E-state index >= 15 is 0 Å². The first-order valence-corrected chi connectivity index (χ1v) is 9.02. The topological polar surface area (TPSA) is 102 Å². The molecule has 0 unspecified atom stereocenters. The van der Waals surface area contributed by atoms with Crippen molar-refractivity contribution in [1.29, 1.82) is 0 Å². The number of thiophene rings is 1. The predicted octanol–water partition coefficient (Wildman–Crippen LogP) is 1.33. The summed E-state index contributed by atoms with van der Waals surface area (Å²) in [5.74, 6) is -0.177. The fourth-order valence-corrected chi connectivity index (χ4v) is 4.06. The largest absolute Gasteiger partial charge is 0.460 e. The van der Waals surface area contributed by atoms with Gasteiger partial charge in [-0.05, 0) is 12.1 Å². The Bertz CT molecular complexity index is 692. The van der Waals surface area contributed by atoms with E-state index in [2.05, 4.69) is 10.0 Å². The zero-order valence-electron chi connectivity index (χ0n) is 10.9. The van der Waals surface area contributed by atoms with Crippen molar-refractivity contribution in [3.05, 3.63) is 28.3 Å². The number of anilines is 1. The van der Waals surface area contributed by atoms with Crippen molar-refractivity contribution in [3.8, 4) is 0 Å². The summed E-state index contributed by atoms with van der Waals surface area (Å²) in [7, 11) is -3.78. The fraction of sp³-hybridized carbons (Fsp3) is 0.273. The Morgan fingerprint density at radius 1 is 1.48 bits per heavy atom. The molecule has 0 fully saturated rings. The molecule has 0 amide bonds. The van der Waals surface area contributed by atoms with Crippen LogP contribution < -0.4 is 10.0 Å². The summed E-state index contributed by atoms with van der Waals surface area (Å²) >= 11 is 1.93. The number of ketones is 1. The maximum Gasteiger partial charge on any atom is 0.297 e. The molecule has 2 heterocycles. The smallest absolute Gasteiger partial charge is 0.297 e. The van der Waals surface area contributed by atoms with E-state index in [4.69, 9.17) is 4.74 Å².